The summed E-state index contributed by atoms with van der Waals surface area (Å²) in [7, 11) is 0. The lowest BCUT2D eigenvalue weighted by molar-refractivity contribution is -0.122. The van der Waals surface area contributed by atoms with Crippen molar-refractivity contribution in [1.29, 1.82) is 0 Å². The van der Waals surface area contributed by atoms with E-state index in [4.69, 9.17) is 5.73 Å². The number of hydrogen-bond acceptors (Lipinski definition) is 3. The molecule has 1 unspecified atom stereocenters. The summed E-state index contributed by atoms with van der Waals surface area (Å²) in [6.07, 6.45) is 1.08. The highest BCUT2D eigenvalue weighted by Gasteiger charge is 2.32. The Bertz CT molecular complexity index is 475. The van der Waals surface area contributed by atoms with Crippen LogP contribution < -0.4 is 11.1 Å². The van der Waals surface area contributed by atoms with Gasteiger partial charge in [-0.1, -0.05) is 36.8 Å². The van der Waals surface area contributed by atoms with Gasteiger partial charge in [0.25, 0.3) is 0 Å². The molecule has 0 saturated carbocycles. The molecule has 1 aromatic rings. The fourth-order valence-corrected chi connectivity index (χ4v) is 2.71. The van der Waals surface area contributed by atoms with Crippen molar-refractivity contribution in [3.05, 3.63) is 35.4 Å². The predicted molar refractivity (Wildman–Crippen MR) is 81.2 cm³/mol. The number of amides is 1. The number of benzene rings is 1. The normalized spacial score (nSPS) is 22.9. The molecule has 2 rings (SSSR count). The second-order valence-electron chi connectivity index (χ2n) is 6.24. The van der Waals surface area contributed by atoms with E-state index in [2.05, 4.69) is 36.2 Å². The molecule has 1 fully saturated rings. The molecule has 1 aliphatic rings. The van der Waals surface area contributed by atoms with Gasteiger partial charge in [-0.3, -0.25) is 9.69 Å². The van der Waals surface area contributed by atoms with Gasteiger partial charge in [-0.2, -0.15) is 0 Å². The maximum Gasteiger partial charge on any atom is 0.234 e. The zero-order chi connectivity index (χ0) is 14.6. The van der Waals surface area contributed by atoms with Gasteiger partial charge < -0.3 is 11.1 Å². The maximum atomic E-state index is 12.0. The number of nitrogens with two attached hydrogens (primary N) is 1. The van der Waals surface area contributed by atoms with E-state index in [1.54, 1.807) is 0 Å². The molecule has 3 N–H and O–H groups in total. The molecule has 110 valence electrons. The number of aryl methyl sites for hydroxylation is 1. The van der Waals surface area contributed by atoms with Crippen molar-refractivity contribution >= 4 is 5.91 Å². The smallest absolute Gasteiger partial charge is 0.234 e. The van der Waals surface area contributed by atoms with Crippen LogP contribution in [0.25, 0.3) is 0 Å². The monoisotopic (exact) mass is 275 g/mol. The summed E-state index contributed by atoms with van der Waals surface area (Å²) in [5, 5.41) is 2.99. The Labute approximate surface area is 121 Å². The third-order valence-electron chi connectivity index (χ3n) is 4.07. The standard InChI is InChI=1S/C16H25N3O/c1-13-4-3-5-14(8-13)9-18-15(20)10-19-7-6-16(2,11-17)12-19/h3-5,8H,6-7,9-12,17H2,1-2H3,(H,18,20). The summed E-state index contributed by atoms with van der Waals surface area (Å²) < 4.78 is 0. The molecule has 20 heavy (non-hydrogen) atoms. The third-order valence-corrected chi connectivity index (χ3v) is 4.07. The largest absolute Gasteiger partial charge is 0.351 e. The second kappa shape index (κ2) is 6.37. The zero-order valence-electron chi connectivity index (χ0n) is 12.5. The van der Waals surface area contributed by atoms with Gasteiger partial charge in [-0.15, -0.1) is 0 Å². The number of carbonyl (C=O) groups excluding carboxylic acids is 1. The Hall–Kier alpha value is -1.39. The van der Waals surface area contributed by atoms with E-state index in [9.17, 15) is 4.79 Å². The third kappa shape index (κ3) is 4.05. The molecule has 0 radical (unpaired) electrons. The van der Waals surface area contributed by atoms with Gasteiger partial charge in [0.15, 0.2) is 0 Å². The molecule has 1 heterocycles. The highest BCUT2D eigenvalue weighted by atomic mass is 16.2. The van der Waals surface area contributed by atoms with Crippen molar-refractivity contribution < 1.29 is 4.79 Å². The lowest BCUT2D eigenvalue weighted by Gasteiger charge is -2.22. The minimum Gasteiger partial charge on any atom is -0.351 e. The van der Waals surface area contributed by atoms with E-state index < -0.39 is 0 Å². The minimum atomic E-state index is 0.0905. The fourth-order valence-electron chi connectivity index (χ4n) is 2.71. The molecular formula is C16H25N3O. The molecular weight excluding hydrogens is 250 g/mol. The van der Waals surface area contributed by atoms with Crippen molar-refractivity contribution in [2.24, 2.45) is 11.1 Å². The summed E-state index contributed by atoms with van der Waals surface area (Å²) in [5.41, 5.74) is 8.32. The van der Waals surface area contributed by atoms with Crippen LogP contribution in [0.1, 0.15) is 24.5 Å². The summed E-state index contributed by atoms with van der Waals surface area (Å²) in [4.78, 5) is 14.2. The molecule has 0 bridgehead atoms. The maximum absolute atomic E-state index is 12.0. The van der Waals surface area contributed by atoms with E-state index in [0.29, 0.717) is 19.6 Å². The lowest BCUT2D eigenvalue weighted by Crippen LogP contribution is -2.38. The summed E-state index contributed by atoms with van der Waals surface area (Å²) >= 11 is 0. The van der Waals surface area contributed by atoms with Crippen LogP contribution in [0.5, 0.6) is 0 Å². The van der Waals surface area contributed by atoms with Crippen LogP contribution in [0.4, 0.5) is 0 Å². The number of hydrogen-bond donors (Lipinski definition) is 2. The summed E-state index contributed by atoms with van der Waals surface area (Å²) in [6, 6.07) is 8.21. The molecule has 1 saturated heterocycles. The first-order valence-electron chi connectivity index (χ1n) is 7.25. The van der Waals surface area contributed by atoms with Gasteiger partial charge in [0, 0.05) is 13.1 Å². The topological polar surface area (TPSA) is 58.4 Å². The van der Waals surface area contributed by atoms with Crippen molar-refractivity contribution in [2.75, 3.05) is 26.2 Å². The SMILES string of the molecule is Cc1cccc(CNC(=O)CN2CCC(C)(CN)C2)c1. The van der Waals surface area contributed by atoms with Crippen molar-refractivity contribution in [2.45, 2.75) is 26.8 Å². The first-order valence-corrected chi connectivity index (χ1v) is 7.25. The molecule has 4 heteroatoms. The van der Waals surface area contributed by atoms with Crippen LogP contribution in [-0.2, 0) is 11.3 Å². The van der Waals surface area contributed by atoms with Gasteiger partial charge in [0.05, 0.1) is 6.54 Å². The van der Waals surface area contributed by atoms with Gasteiger partial charge in [-0.25, -0.2) is 0 Å². The Kier molecular flexibility index (Phi) is 4.78. The summed E-state index contributed by atoms with van der Waals surface area (Å²) in [6.45, 7) is 7.89. The number of likely N-dealkylation sites (tertiary alicyclic amines) is 1. The molecule has 1 amide bonds. The van der Waals surface area contributed by atoms with E-state index in [1.807, 2.05) is 12.1 Å². The Morgan fingerprint density at radius 3 is 2.95 bits per heavy atom. The number of nitrogens with one attached hydrogen (secondary N) is 1. The second-order valence-corrected chi connectivity index (χ2v) is 6.24. The van der Waals surface area contributed by atoms with Crippen molar-refractivity contribution in [3.63, 3.8) is 0 Å². The molecule has 1 atom stereocenters. The van der Waals surface area contributed by atoms with E-state index in [0.717, 1.165) is 25.1 Å². The average molecular weight is 275 g/mol. The van der Waals surface area contributed by atoms with Crippen molar-refractivity contribution in [3.8, 4) is 0 Å². The van der Waals surface area contributed by atoms with Crippen LogP contribution in [0, 0.1) is 12.3 Å². The van der Waals surface area contributed by atoms with E-state index in [-0.39, 0.29) is 11.3 Å². The molecule has 0 aliphatic carbocycles. The molecule has 1 aliphatic heterocycles. The number of nitrogens with zero attached hydrogens (tertiary/aromatic N) is 1. The van der Waals surface area contributed by atoms with Crippen molar-refractivity contribution in [1.82, 2.24) is 10.2 Å². The van der Waals surface area contributed by atoms with E-state index >= 15 is 0 Å². The number of carbonyl (C=O) groups is 1. The number of rotatable bonds is 5. The highest BCUT2D eigenvalue weighted by molar-refractivity contribution is 5.78. The molecule has 0 spiro atoms. The van der Waals surface area contributed by atoms with Crippen LogP contribution >= 0.6 is 0 Å². The van der Waals surface area contributed by atoms with Gasteiger partial charge >= 0.3 is 0 Å². The van der Waals surface area contributed by atoms with Crippen LogP contribution in [-0.4, -0.2) is 37.0 Å². The van der Waals surface area contributed by atoms with Gasteiger partial charge in [0.2, 0.25) is 5.91 Å². The van der Waals surface area contributed by atoms with Gasteiger partial charge in [-0.05, 0) is 37.4 Å². The zero-order valence-corrected chi connectivity index (χ0v) is 12.5. The molecule has 0 aromatic heterocycles. The summed E-state index contributed by atoms with van der Waals surface area (Å²) in [5.74, 6) is 0.0905. The fraction of sp³-hybridized carbons (Fsp3) is 0.562. The average Bonchev–Trinajstić information content (AvgIpc) is 2.79. The minimum absolute atomic E-state index is 0.0905. The first kappa shape index (κ1) is 15.0. The quantitative estimate of drug-likeness (QED) is 0.851. The van der Waals surface area contributed by atoms with E-state index in [1.165, 1.54) is 5.56 Å². The molecule has 1 aromatic carbocycles. The van der Waals surface area contributed by atoms with Gasteiger partial charge in [0.1, 0.15) is 0 Å². The predicted octanol–water partition coefficient (Wildman–Crippen LogP) is 1.28. The Morgan fingerprint density at radius 2 is 2.30 bits per heavy atom. The molecule has 4 nitrogen and oxygen atoms in total. The van der Waals surface area contributed by atoms with Crippen LogP contribution in [0.15, 0.2) is 24.3 Å². The van der Waals surface area contributed by atoms with Crippen LogP contribution in [0.2, 0.25) is 0 Å². The highest BCUT2D eigenvalue weighted by Crippen LogP contribution is 2.27. The Balaban J connectivity index is 1.76. The lowest BCUT2D eigenvalue weighted by atomic mass is 9.90. The van der Waals surface area contributed by atoms with Crippen LogP contribution in [0.3, 0.4) is 0 Å². The first-order chi connectivity index (χ1) is 9.50. The Morgan fingerprint density at radius 1 is 1.50 bits per heavy atom.